The van der Waals surface area contributed by atoms with Crippen molar-refractivity contribution in [2.75, 3.05) is 0 Å². The van der Waals surface area contributed by atoms with Gasteiger partial charge in [-0.05, 0) is 5.56 Å². The lowest BCUT2D eigenvalue weighted by molar-refractivity contribution is -0.282. The Morgan fingerprint density at radius 1 is 1.41 bits per heavy atom. The number of nitrogens with one attached hydrogen (secondary N) is 1. The third kappa shape index (κ3) is 4.49. The fourth-order valence-corrected chi connectivity index (χ4v) is 2.38. The van der Waals surface area contributed by atoms with Gasteiger partial charge in [0.2, 0.25) is 5.91 Å². The second-order valence-electron chi connectivity index (χ2n) is 5.36. The Labute approximate surface area is 128 Å². The summed E-state index contributed by atoms with van der Waals surface area (Å²) in [6.45, 7) is 1.27. The lowest BCUT2D eigenvalue weighted by Crippen LogP contribution is -2.55. The highest BCUT2D eigenvalue weighted by atomic mass is 16.8. The number of hydrogen-bond acceptors (Lipinski definition) is 6. The molecule has 4 N–H and O–H groups in total. The van der Waals surface area contributed by atoms with E-state index in [1.165, 1.54) is 6.92 Å². The molecule has 1 aromatic carbocycles. The van der Waals surface area contributed by atoms with Gasteiger partial charge < -0.3 is 20.1 Å². The maximum Gasteiger partial charge on any atom is 0.240 e. The molecule has 1 aliphatic rings. The first-order valence-corrected chi connectivity index (χ1v) is 7.13. The molecule has 1 amide bonds. The van der Waals surface area contributed by atoms with Crippen molar-refractivity contribution >= 4 is 5.91 Å². The molecular weight excluding hydrogens is 290 g/mol. The van der Waals surface area contributed by atoms with E-state index < -0.39 is 36.6 Å². The quantitative estimate of drug-likeness (QED) is 0.546. The summed E-state index contributed by atoms with van der Waals surface area (Å²) < 4.78 is 5.46. The van der Waals surface area contributed by atoms with Gasteiger partial charge in [-0.1, -0.05) is 30.3 Å². The van der Waals surface area contributed by atoms with Gasteiger partial charge in [-0.2, -0.15) is 0 Å². The molecular formula is C15H21NO6. The maximum atomic E-state index is 10.8. The number of aliphatic hydroxyl groups is 3. The number of carbonyl (C=O) groups excluding carboxylic acids is 1. The van der Waals surface area contributed by atoms with Crippen LogP contribution in [0.4, 0.5) is 0 Å². The van der Waals surface area contributed by atoms with Gasteiger partial charge in [0.15, 0.2) is 6.29 Å². The molecule has 1 unspecified atom stereocenters. The molecule has 1 aromatic rings. The standard InChI is InChI=1S/C15H21NO6/c1-9(17)16-22-13-8-11(18)14(20)15(21-13)12(19)7-10-5-3-2-4-6-10/h2-6,11-15,18-20H,7-8H2,1H3,(H,16,17)/t11-,12?,13-,14+,15-/m1/s1. The molecule has 7 nitrogen and oxygen atoms in total. The molecule has 2 rings (SSSR count). The van der Waals surface area contributed by atoms with Crippen LogP contribution in [0.25, 0.3) is 0 Å². The molecule has 0 saturated carbocycles. The van der Waals surface area contributed by atoms with Crippen molar-refractivity contribution in [2.45, 2.75) is 50.5 Å². The zero-order valence-corrected chi connectivity index (χ0v) is 12.3. The predicted molar refractivity (Wildman–Crippen MR) is 76.3 cm³/mol. The fourth-order valence-electron chi connectivity index (χ4n) is 2.38. The highest BCUT2D eigenvalue weighted by Crippen LogP contribution is 2.24. The molecule has 22 heavy (non-hydrogen) atoms. The Hall–Kier alpha value is -1.51. The maximum absolute atomic E-state index is 10.8. The lowest BCUT2D eigenvalue weighted by Gasteiger charge is -2.38. The molecule has 0 aliphatic carbocycles. The van der Waals surface area contributed by atoms with Crippen LogP contribution < -0.4 is 5.48 Å². The monoisotopic (exact) mass is 311 g/mol. The molecule has 1 saturated heterocycles. The third-order valence-electron chi connectivity index (χ3n) is 3.47. The van der Waals surface area contributed by atoms with Crippen LogP contribution in [-0.2, 0) is 20.8 Å². The van der Waals surface area contributed by atoms with E-state index in [0.29, 0.717) is 0 Å². The fraction of sp³-hybridized carbons (Fsp3) is 0.533. The first-order chi connectivity index (χ1) is 10.5. The Balaban J connectivity index is 1.98. The van der Waals surface area contributed by atoms with Crippen LogP contribution in [-0.4, -0.2) is 51.9 Å². The third-order valence-corrected chi connectivity index (χ3v) is 3.47. The minimum atomic E-state index is -1.23. The van der Waals surface area contributed by atoms with Gasteiger partial charge in [0.25, 0.3) is 0 Å². The van der Waals surface area contributed by atoms with E-state index in [4.69, 9.17) is 9.57 Å². The summed E-state index contributed by atoms with van der Waals surface area (Å²) in [6.07, 6.45) is -5.03. The van der Waals surface area contributed by atoms with E-state index in [0.717, 1.165) is 5.56 Å². The van der Waals surface area contributed by atoms with Crippen LogP contribution >= 0.6 is 0 Å². The summed E-state index contributed by atoms with van der Waals surface area (Å²) in [5.41, 5.74) is 3.00. The summed E-state index contributed by atoms with van der Waals surface area (Å²) in [6, 6.07) is 9.25. The molecule has 1 heterocycles. The average Bonchev–Trinajstić information content (AvgIpc) is 2.49. The Bertz CT molecular complexity index is 482. The number of hydrogen-bond donors (Lipinski definition) is 4. The van der Waals surface area contributed by atoms with Gasteiger partial charge in [0.05, 0.1) is 12.2 Å². The SMILES string of the molecule is CC(=O)NO[C@@H]1C[C@@H](O)[C@H](O)[C@@H](C(O)Cc2ccccc2)O1. The van der Waals surface area contributed by atoms with Crippen LogP contribution in [0.2, 0.25) is 0 Å². The number of aliphatic hydroxyl groups excluding tert-OH is 3. The van der Waals surface area contributed by atoms with Gasteiger partial charge in [-0.15, -0.1) is 0 Å². The summed E-state index contributed by atoms with van der Waals surface area (Å²) in [5, 5.41) is 30.1. The van der Waals surface area contributed by atoms with E-state index >= 15 is 0 Å². The van der Waals surface area contributed by atoms with Gasteiger partial charge in [0, 0.05) is 19.8 Å². The molecule has 0 radical (unpaired) electrons. The van der Waals surface area contributed by atoms with E-state index in [1.807, 2.05) is 30.3 Å². The van der Waals surface area contributed by atoms with Gasteiger partial charge >= 0.3 is 0 Å². The molecule has 1 aliphatic heterocycles. The molecule has 0 aromatic heterocycles. The van der Waals surface area contributed by atoms with Crippen LogP contribution in [0.5, 0.6) is 0 Å². The molecule has 7 heteroatoms. The Kier molecular flexibility index (Phi) is 5.87. The number of ether oxygens (including phenoxy) is 1. The molecule has 122 valence electrons. The Morgan fingerprint density at radius 3 is 2.73 bits per heavy atom. The van der Waals surface area contributed by atoms with Crippen molar-refractivity contribution in [3.8, 4) is 0 Å². The smallest absolute Gasteiger partial charge is 0.240 e. The first kappa shape index (κ1) is 16.9. The highest BCUT2D eigenvalue weighted by Gasteiger charge is 2.41. The minimum Gasteiger partial charge on any atom is -0.390 e. The normalized spacial score (nSPS) is 29.8. The van der Waals surface area contributed by atoms with Gasteiger partial charge in [-0.3, -0.25) is 4.79 Å². The van der Waals surface area contributed by atoms with Crippen LogP contribution in [0.3, 0.4) is 0 Å². The van der Waals surface area contributed by atoms with Crippen molar-refractivity contribution in [3.63, 3.8) is 0 Å². The number of rotatable bonds is 5. The number of hydroxylamine groups is 1. The highest BCUT2D eigenvalue weighted by molar-refractivity contribution is 5.71. The molecule has 0 spiro atoms. The van der Waals surface area contributed by atoms with Crippen LogP contribution in [0.1, 0.15) is 18.9 Å². The van der Waals surface area contributed by atoms with Crippen LogP contribution in [0.15, 0.2) is 30.3 Å². The largest absolute Gasteiger partial charge is 0.390 e. The molecule has 1 fully saturated rings. The van der Waals surface area contributed by atoms with Gasteiger partial charge in [0.1, 0.15) is 12.2 Å². The lowest BCUT2D eigenvalue weighted by atomic mass is 9.94. The minimum absolute atomic E-state index is 0.00396. The van der Waals surface area contributed by atoms with Crippen molar-refractivity contribution in [3.05, 3.63) is 35.9 Å². The zero-order valence-electron chi connectivity index (χ0n) is 12.3. The zero-order chi connectivity index (χ0) is 16.1. The molecule has 5 atom stereocenters. The van der Waals surface area contributed by atoms with Crippen molar-refractivity contribution in [2.24, 2.45) is 0 Å². The summed E-state index contributed by atoms with van der Waals surface area (Å²) in [7, 11) is 0. The van der Waals surface area contributed by atoms with Crippen LogP contribution in [0, 0.1) is 0 Å². The average molecular weight is 311 g/mol. The number of amides is 1. The second kappa shape index (κ2) is 7.66. The van der Waals surface area contributed by atoms with Crippen molar-refractivity contribution in [1.82, 2.24) is 5.48 Å². The number of carbonyl (C=O) groups is 1. The Morgan fingerprint density at radius 2 is 2.09 bits per heavy atom. The van der Waals surface area contributed by atoms with E-state index in [-0.39, 0.29) is 12.8 Å². The summed E-state index contributed by atoms with van der Waals surface area (Å²) in [4.78, 5) is 15.8. The topological polar surface area (TPSA) is 108 Å². The van der Waals surface area contributed by atoms with E-state index in [9.17, 15) is 20.1 Å². The number of benzene rings is 1. The summed E-state index contributed by atoms with van der Waals surface area (Å²) in [5.74, 6) is -0.411. The second-order valence-corrected chi connectivity index (χ2v) is 5.36. The predicted octanol–water partition coefficient (Wildman–Crippen LogP) is -0.505. The first-order valence-electron chi connectivity index (χ1n) is 7.13. The van der Waals surface area contributed by atoms with Crippen molar-refractivity contribution in [1.29, 1.82) is 0 Å². The van der Waals surface area contributed by atoms with Gasteiger partial charge in [-0.25, -0.2) is 10.3 Å². The summed E-state index contributed by atoms with van der Waals surface area (Å²) >= 11 is 0. The van der Waals surface area contributed by atoms with E-state index in [2.05, 4.69) is 5.48 Å². The molecule has 0 bridgehead atoms. The van der Waals surface area contributed by atoms with Crippen molar-refractivity contribution < 1.29 is 29.7 Å². The van der Waals surface area contributed by atoms with E-state index in [1.54, 1.807) is 0 Å².